The topological polar surface area (TPSA) is 116 Å². The predicted molar refractivity (Wildman–Crippen MR) is 48.5 cm³/mol. The fraction of sp³-hybridized carbons (Fsp3) is 0.111. The van der Waals surface area contributed by atoms with Crippen LogP contribution < -0.4 is 4.57 Å². The van der Waals surface area contributed by atoms with Gasteiger partial charge in [0.15, 0.2) is 12.4 Å². The van der Waals surface area contributed by atoms with E-state index in [4.69, 9.17) is 15.3 Å². The number of aromatic carboxylic acids is 3. The molecule has 1 rings (SSSR count). The van der Waals surface area contributed by atoms with Crippen molar-refractivity contribution in [1.82, 2.24) is 0 Å². The first-order valence-electron chi connectivity index (χ1n) is 4.07. The lowest BCUT2D eigenvalue weighted by atomic mass is 10.0. The molecule has 0 amide bonds. The molecule has 0 aromatic carbocycles. The molecular weight excluding hydrogens is 218 g/mol. The highest BCUT2D eigenvalue weighted by Crippen LogP contribution is 2.12. The number of pyridine rings is 1. The Morgan fingerprint density at radius 3 is 1.56 bits per heavy atom. The third-order valence-corrected chi connectivity index (χ3v) is 1.88. The van der Waals surface area contributed by atoms with E-state index < -0.39 is 34.6 Å². The first-order valence-corrected chi connectivity index (χ1v) is 4.07. The first kappa shape index (κ1) is 11.6. The van der Waals surface area contributed by atoms with Crippen LogP contribution in [0.25, 0.3) is 0 Å². The van der Waals surface area contributed by atoms with Crippen LogP contribution in [0.3, 0.4) is 0 Å². The Kier molecular flexibility index (Phi) is 2.89. The van der Waals surface area contributed by atoms with E-state index in [0.29, 0.717) is 0 Å². The Morgan fingerprint density at radius 2 is 1.31 bits per heavy atom. The number of carboxylic acid groups (broad SMARTS) is 3. The van der Waals surface area contributed by atoms with E-state index in [1.165, 1.54) is 11.6 Å². The van der Waals surface area contributed by atoms with Crippen LogP contribution in [-0.2, 0) is 7.05 Å². The number of aromatic nitrogens is 1. The number of carboxylic acids is 3. The SMILES string of the molecule is C[n+]1cc(C(=O)O)c(C(=O)O)c(C(=O)O)c1. The summed E-state index contributed by atoms with van der Waals surface area (Å²) < 4.78 is 1.18. The van der Waals surface area contributed by atoms with Gasteiger partial charge in [-0.3, -0.25) is 0 Å². The maximum absolute atomic E-state index is 10.8. The van der Waals surface area contributed by atoms with Gasteiger partial charge in [0.25, 0.3) is 0 Å². The minimum absolute atomic E-state index is 0.560. The highest BCUT2D eigenvalue weighted by molar-refractivity contribution is 6.08. The van der Waals surface area contributed by atoms with Crippen LogP contribution in [0.5, 0.6) is 0 Å². The predicted octanol–water partition coefficient (Wildman–Crippen LogP) is -0.394. The first-order chi connectivity index (χ1) is 7.34. The van der Waals surface area contributed by atoms with Crippen molar-refractivity contribution in [3.63, 3.8) is 0 Å². The van der Waals surface area contributed by atoms with Crippen molar-refractivity contribution in [3.8, 4) is 0 Å². The molecule has 0 atom stereocenters. The highest BCUT2D eigenvalue weighted by Gasteiger charge is 2.28. The second kappa shape index (κ2) is 3.97. The molecule has 3 N–H and O–H groups in total. The molecule has 0 bridgehead atoms. The van der Waals surface area contributed by atoms with Crippen LogP contribution in [0.4, 0.5) is 0 Å². The van der Waals surface area contributed by atoms with Gasteiger partial charge in [0.1, 0.15) is 23.7 Å². The Labute approximate surface area is 89.2 Å². The maximum atomic E-state index is 10.8. The van der Waals surface area contributed by atoms with Crippen LogP contribution in [0.15, 0.2) is 12.4 Å². The van der Waals surface area contributed by atoms with Gasteiger partial charge in [-0.05, 0) is 0 Å². The fourth-order valence-corrected chi connectivity index (χ4v) is 1.27. The van der Waals surface area contributed by atoms with Gasteiger partial charge in [0.2, 0.25) is 0 Å². The number of hydrogen-bond donors (Lipinski definition) is 3. The van der Waals surface area contributed by atoms with Gasteiger partial charge < -0.3 is 15.3 Å². The van der Waals surface area contributed by atoms with Crippen molar-refractivity contribution < 1.29 is 34.3 Å². The lowest BCUT2D eigenvalue weighted by Crippen LogP contribution is -2.32. The van der Waals surface area contributed by atoms with Crippen LogP contribution in [0.1, 0.15) is 31.1 Å². The van der Waals surface area contributed by atoms with E-state index in [0.717, 1.165) is 12.4 Å². The molecule has 0 aliphatic carbocycles. The summed E-state index contributed by atoms with van der Waals surface area (Å²) in [4.78, 5) is 32.4. The molecule has 0 aliphatic rings. The Balaban J connectivity index is 3.67. The van der Waals surface area contributed by atoms with E-state index in [1.54, 1.807) is 0 Å². The Bertz CT molecular complexity index is 458. The number of carbonyl (C=O) groups is 3. The summed E-state index contributed by atoms with van der Waals surface area (Å²) >= 11 is 0. The summed E-state index contributed by atoms with van der Waals surface area (Å²) in [6.45, 7) is 0. The van der Waals surface area contributed by atoms with E-state index in [1.807, 2.05) is 0 Å². The molecule has 0 saturated heterocycles. The third kappa shape index (κ3) is 1.97. The van der Waals surface area contributed by atoms with Crippen molar-refractivity contribution in [2.24, 2.45) is 7.05 Å². The highest BCUT2D eigenvalue weighted by atomic mass is 16.4. The van der Waals surface area contributed by atoms with E-state index in [2.05, 4.69) is 0 Å². The molecule has 0 saturated carbocycles. The van der Waals surface area contributed by atoms with Crippen LogP contribution in [-0.4, -0.2) is 33.2 Å². The molecule has 1 aromatic rings. The van der Waals surface area contributed by atoms with E-state index in [9.17, 15) is 14.4 Å². The van der Waals surface area contributed by atoms with Crippen LogP contribution >= 0.6 is 0 Å². The molecular formula is C9H8NO6+. The summed E-state index contributed by atoms with van der Waals surface area (Å²) in [5, 5.41) is 26.4. The summed E-state index contributed by atoms with van der Waals surface area (Å²) in [5.74, 6) is -4.57. The minimum Gasteiger partial charge on any atom is -0.478 e. The second-order valence-corrected chi connectivity index (χ2v) is 3.04. The van der Waals surface area contributed by atoms with Gasteiger partial charge in [0.05, 0.1) is 0 Å². The average molecular weight is 226 g/mol. The number of aryl methyl sites for hydroxylation is 1. The zero-order valence-electron chi connectivity index (χ0n) is 8.17. The smallest absolute Gasteiger partial charge is 0.342 e. The summed E-state index contributed by atoms with van der Waals surface area (Å²) in [5.41, 5.74) is -1.84. The molecule has 1 heterocycles. The van der Waals surface area contributed by atoms with Gasteiger partial charge in [-0.2, -0.15) is 0 Å². The van der Waals surface area contributed by atoms with Crippen LogP contribution in [0.2, 0.25) is 0 Å². The maximum Gasteiger partial charge on any atom is 0.342 e. The quantitative estimate of drug-likeness (QED) is 0.604. The van der Waals surface area contributed by atoms with Gasteiger partial charge in [-0.15, -0.1) is 0 Å². The summed E-state index contributed by atoms with van der Waals surface area (Å²) in [7, 11) is 1.41. The monoisotopic (exact) mass is 226 g/mol. The molecule has 16 heavy (non-hydrogen) atoms. The molecule has 0 fully saturated rings. The van der Waals surface area contributed by atoms with Gasteiger partial charge in [0, 0.05) is 0 Å². The van der Waals surface area contributed by atoms with Gasteiger partial charge in [-0.1, -0.05) is 0 Å². The van der Waals surface area contributed by atoms with Crippen molar-refractivity contribution in [2.45, 2.75) is 0 Å². The minimum atomic E-state index is -1.59. The van der Waals surface area contributed by atoms with E-state index >= 15 is 0 Å². The molecule has 7 nitrogen and oxygen atoms in total. The third-order valence-electron chi connectivity index (χ3n) is 1.88. The second-order valence-electron chi connectivity index (χ2n) is 3.04. The van der Waals surface area contributed by atoms with Crippen LogP contribution in [0, 0.1) is 0 Å². The normalized spacial score (nSPS) is 9.81. The van der Waals surface area contributed by atoms with Gasteiger partial charge in [-0.25, -0.2) is 19.0 Å². The zero-order valence-corrected chi connectivity index (χ0v) is 8.17. The molecule has 7 heteroatoms. The van der Waals surface area contributed by atoms with Crippen molar-refractivity contribution >= 4 is 17.9 Å². The van der Waals surface area contributed by atoms with Gasteiger partial charge >= 0.3 is 17.9 Å². The lowest BCUT2D eigenvalue weighted by Gasteiger charge is -2.03. The number of rotatable bonds is 3. The molecule has 84 valence electrons. The molecule has 1 aromatic heterocycles. The molecule has 0 aliphatic heterocycles. The summed E-state index contributed by atoms with van der Waals surface area (Å²) in [6.07, 6.45) is 2.08. The van der Waals surface area contributed by atoms with Crippen molar-refractivity contribution in [2.75, 3.05) is 0 Å². The van der Waals surface area contributed by atoms with Crippen molar-refractivity contribution in [1.29, 1.82) is 0 Å². The molecule has 0 radical (unpaired) electrons. The molecule has 0 spiro atoms. The largest absolute Gasteiger partial charge is 0.478 e. The lowest BCUT2D eigenvalue weighted by molar-refractivity contribution is -0.671. The molecule has 0 unspecified atom stereocenters. The summed E-state index contributed by atoms with van der Waals surface area (Å²) in [6, 6.07) is 0. The van der Waals surface area contributed by atoms with E-state index in [-0.39, 0.29) is 0 Å². The average Bonchev–Trinajstić information content (AvgIpc) is 2.15. The fourth-order valence-electron chi connectivity index (χ4n) is 1.27. The standard InChI is InChI=1S/C9H7NO6/c1-10-2-4(7(11)12)6(9(15)16)5(3-10)8(13)14/h2-3H,1H3,(H2-,11,12,13,14,15,16)/p+1. The Morgan fingerprint density at radius 1 is 0.938 bits per heavy atom. The number of nitrogens with zero attached hydrogens (tertiary/aromatic N) is 1. The zero-order chi connectivity index (χ0) is 12.5. The number of hydrogen-bond acceptors (Lipinski definition) is 3. The Hall–Kier alpha value is -2.44. The van der Waals surface area contributed by atoms with Crippen molar-refractivity contribution in [3.05, 3.63) is 29.1 Å².